The summed E-state index contributed by atoms with van der Waals surface area (Å²) in [7, 11) is 0. The van der Waals surface area contributed by atoms with Crippen molar-refractivity contribution < 1.29 is 9.90 Å². The third kappa shape index (κ3) is 3.74. The van der Waals surface area contributed by atoms with Crippen molar-refractivity contribution in [2.24, 2.45) is 0 Å². The number of aliphatic hydroxyl groups is 1. The van der Waals surface area contributed by atoms with Crippen molar-refractivity contribution in [3.63, 3.8) is 0 Å². The summed E-state index contributed by atoms with van der Waals surface area (Å²) >= 11 is 1.40. The van der Waals surface area contributed by atoms with E-state index in [-0.39, 0.29) is 5.91 Å². The molecule has 0 bridgehead atoms. The Bertz CT molecular complexity index is 514. The van der Waals surface area contributed by atoms with E-state index in [4.69, 9.17) is 0 Å². The molecule has 1 aromatic heterocycles. The lowest BCUT2D eigenvalue weighted by atomic mass is 9.98. The largest absolute Gasteiger partial charge is 0.390 e. The molecule has 7 nitrogen and oxygen atoms in total. The molecule has 0 radical (unpaired) electrons. The van der Waals surface area contributed by atoms with E-state index < -0.39 is 5.60 Å². The second-order valence-corrected chi connectivity index (χ2v) is 7.10. The summed E-state index contributed by atoms with van der Waals surface area (Å²) < 4.78 is 1.82. The molecule has 1 aromatic rings. The van der Waals surface area contributed by atoms with Crippen molar-refractivity contribution >= 4 is 17.7 Å². The van der Waals surface area contributed by atoms with Gasteiger partial charge in [0.1, 0.15) is 0 Å². The van der Waals surface area contributed by atoms with Crippen LogP contribution in [0.1, 0.15) is 45.1 Å². The minimum atomic E-state index is -0.641. The first kappa shape index (κ1) is 14.8. The maximum atomic E-state index is 12.3. The van der Waals surface area contributed by atoms with Gasteiger partial charge in [0.15, 0.2) is 0 Å². The molecule has 1 unspecified atom stereocenters. The summed E-state index contributed by atoms with van der Waals surface area (Å²) in [6.45, 7) is 3.20. The summed E-state index contributed by atoms with van der Waals surface area (Å²) in [6.07, 6.45) is 4.48. The van der Waals surface area contributed by atoms with Crippen LogP contribution in [0.3, 0.4) is 0 Å². The van der Waals surface area contributed by atoms with Gasteiger partial charge in [-0.05, 0) is 49.5 Å². The highest BCUT2D eigenvalue weighted by Gasteiger charge is 2.29. The van der Waals surface area contributed by atoms with Crippen LogP contribution in [-0.4, -0.2) is 60.6 Å². The number of tetrazole rings is 1. The maximum absolute atomic E-state index is 12.3. The normalized spacial score (nSPS) is 26.7. The Kier molecular flexibility index (Phi) is 4.17. The first-order valence-electron chi connectivity index (χ1n) is 7.46. The van der Waals surface area contributed by atoms with Crippen LogP contribution in [0.2, 0.25) is 0 Å². The van der Waals surface area contributed by atoms with Crippen LogP contribution in [0, 0.1) is 0 Å². The van der Waals surface area contributed by atoms with E-state index in [9.17, 15) is 9.90 Å². The van der Waals surface area contributed by atoms with Crippen LogP contribution in [-0.2, 0) is 4.79 Å². The molecular formula is C13H21N5O2S. The van der Waals surface area contributed by atoms with Gasteiger partial charge in [-0.2, -0.15) is 0 Å². The topological polar surface area (TPSA) is 84.1 Å². The zero-order valence-electron chi connectivity index (χ0n) is 12.2. The predicted octanol–water partition coefficient (Wildman–Crippen LogP) is 0.864. The van der Waals surface area contributed by atoms with Crippen LogP contribution in [0.5, 0.6) is 0 Å². The monoisotopic (exact) mass is 311 g/mol. The van der Waals surface area contributed by atoms with Crippen molar-refractivity contribution in [3.8, 4) is 0 Å². The number of thioether (sulfide) groups is 1. The third-order valence-corrected chi connectivity index (χ3v) is 5.01. The summed E-state index contributed by atoms with van der Waals surface area (Å²) in [5.41, 5.74) is -0.641. The molecule has 1 amide bonds. The molecule has 1 saturated carbocycles. The Labute approximate surface area is 128 Å². The lowest BCUT2D eigenvalue weighted by Crippen LogP contribution is -2.34. The number of carbonyl (C=O) groups excluding carboxylic acids is 1. The van der Waals surface area contributed by atoms with Gasteiger partial charge in [-0.15, -0.1) is 5.10 Å². The van der Waals surface area contributed by atoms with Crippen molar-refractivity contribution in [3.05, 3.63) is 0 Å². The number of nitrogens with zero attached hydrogens (tertiary/aromatic N) is 5. The molecule has 3 rings (SSSR count). The SMILES string of the molecule is CC1(O)CCCN(C(=O)CSc2nnnn2C2CC2)CC1. The molecule has 21 heavy (non-hydrogen) atoms. The van der Waals surface area contributed by atoms with Gasteiger partial charge in [-0.3, -0.25) is 4.79 Å². The van der Waals surface area contributed by atoms with Crippen LogP contribution >= 0.6 is 11.8 Å². The smallest absolute Gasteiger partial charge is 0.233 e. The summed E-state index contributed by atoms with van der Waals surface area (Å²) in [5.74, 6) is 0.456. The maximum Gasteiger partial charge on any atom is 0.233 e. The van der Waals surface area contributed by atoms with Gasteiger partial charge < -0.3 is 10.0 Å². The molecule has 8 heteroatoms. The Morgan fingerprint density at radius 3 is 3.00 bits per heavy atom. The zero-order chi connectivity index (χ0) is 14.9. The van der Waals surface area contributed by atoms with Crippen molar-refractivity contribution in [1.29, 1.82) is 0 Å². The predicted molar refractivity (Wildman–Crippen MR) is 77.9 cm³/mol. The molecule has 0 aromatic carbocycles. The van der Waals surface area contributed by atoms with Crippen LogP contribution < -0.4 is 0 Å². The van der Waals surface area contributed by atoms with E-state index in [1.807, 2.05) is 16.5 Å². The highest BCUT2D eigenvalue weighted by atomic mass is 32.2. The first-order valence-corrected chi connectivity index (χ1v) is 8.44. The van der Waals surface area contributed by atoms with Crippen LogP contribution in [0.15, 0.2) is 5.16 Å². The standard InChI is InChI=1S/C13H21N5O2S/c1-13(20)5-2-7-17(8-6-13)11(19)9-21-12-14-15-16-18(12)10-3-4-10/h10,20H,2-9H2,1H3. The molecule has 0 spiro atoms. The van der Waals surface area contributed by atoms with Crippen molar-refractivity contribution in [2.75, 3.05) is 18.8 Å². The Balaban J connectivity index is 1.53. The van der Waals surface area contributed by atoms with Gasteiger partial charge >= 0.3 is 0 Å². The minimum absolute atomic E-state index is 0.100. The lowest BCUT2D eigenvalue weighted by Gasteiger charge is -2.22. The molecule has 1 N–H and O–H groups in total. The second kappa shape index (κ2) is 5.92. The highest BCUT2D eigenvalue weighted by molar-refractivity contribution is 7.99. The van der Waals surface area contributed by atoms with E-state index >= 15 is 0 Å². The highest BCUT2D eigenvalue weighted by Crippen LogP contribution is 2.36. The van der Waals surface area contributed by atoms with Gasteiger partial charge in [0.05, 0.1) is 17.4 Å². The summed E-state index contributed by atoms with van der Waals surface area (Å²) in [6, 6.07) is 0.422. The van der Waals surface area contributed by atoms with Gasteiger partial charge in [0.25, 0.3) is 0 Å². The average Bonchev–Trinajstić information content (AvgIpc) is 3.21. The number of rotatable bonds is 4. The van der Waals surface area contributed by atoms with E-state index in [1.54, 1.807) is 0 Å². The number of aromatic nitrogens is 4. The third-order valence-electron chi connectivity index (χ3n) is 4.10. The zero-order valence-corrected chi connectivity index (χ0v) is 13.1. The molecule has 1 aliphatic carbocycles. The molecule has 2 heterocycles. The van der Waals surface area contributed by atoms with Crippen molar-refractivity contribution in [1.82, 2.24) is 25.1 Å². The van der Waals surface area contributed by atoms with Crippen molar-refractivity contribution in [2.45, 2.75) is 55.8 Å². The molecule has 1 atom stereocenters. The van der Waals surface area contributed by atoms with E-state index in [1.165, 1.54) is 11.8 Å². The van der Waals surface area contributed by atoms with Gasteiger partial charge in [0, 0.05) is 13.1 Å². The molecular weight excluding hydrogens is 290 g/mol. The molecule has 1 saturated heterocycles. The lowest BCUT2D eigenvalue weighted by molar-refractivity contribution is -0.128. The quantitative estimate of drug-likeness (QED) is 0.830. The molecule has 116 valence electrons. The number of carbonyl (C=O) groups is 1. The van der Waals surface area contributed by atoms with Gasteiger partial charge in [-0.1, -0.05) is 11.8 Å². The Morgan fingerprint density at radius 2 is 2.24 bits per heavy atom. The van der Waals surface area contributed by atoms with E-state index in [2.05, 4.69) is 15.5 Å². The fraction of sp³-hybridized carbons (Fsp3) is 0.846. The fourth-order valence-corrected chi connectivity index (χ4v) is 3.41. The van der Waals surface area contributed by atoms with Gasteiger partial charge in [0.2, 0.25) is 11.1 Å². The van der Waals surface area contributed by atoms with Crippen LogP contribution in [0.4, 0.5) is 0 Å². The number of hydrogen-bond acceptors (Lipinski definition) is 6. The van der Waals surface area contributed by atoms with E-state index in [0.29, 0.717) is 24.8 Å². The Morgan fingerprint density at radius 1 is 1.43 bits per heavy atom. The molecule has 2 aliphatic rings. The Hall–Kier alpha value is -1.15. The fourth-order valence-electron chi connectivity index (χ4n) is 2.56. The number of likely N-dealkylation sites (tertiary alicyclic amines) is 1. The van der Waals surface area contributed by atoms with Crippen LogP contribution in [0.25, 0.3) is 0 Å². The molecule has 1 aliphatic heterocycles. The summed E-state index contributed by atoms with van der Waals surface area (Å²) in [5, 5.41) is 22.5. The average molecular weight is 311 g/mol. The number of hydrogen-bond donors (Lipinski definition) is 1. The first-order chi connectivity index (χ1) is 10.1. The van der Waals surface area contributed by atoms with E-state index in [0.717, 1.165) is 37.4 Å². The van der Waals surface area contributed by atoms with Gasteiger partial charge in [-0.25, -0.2) is 4.68 Å². The second-order valence-electron chi connectivity index (χ2n) is 6.16. The minimum Gasteiger partial charge on any atom is -0.390 e. The summed E-state index contributed by atoms with van der Waals surface area (Å²) in [4.78, 5) is 14.1. The number of amides is 1. The molecule has 2 fully saturated rings.